The van der Waals surface area contributed by atoms with Crippen LogP contribution in [-0.2, 0) is 11.2 Å². The summed E-state index contributed by atoms with van der Waals surface area (Å²) in [5, 5.41) is 0. The van der Waals surface area contributed by atoms with Gasteiger partial charge < -0.3 is 5.73 Å². The summed E-state index contributed by atoms with van der Waals surface area (Å²) in [4.78, 5) is 15.1. The van der Waals surface area contributed by atoms with Crippen LogP contribution in [0.3, 0.4) is 0 Å². The number of rotatable bonds is 2. The zero-order chi connectivity index (χ0) is 9.97. The molecule has 1 aromatic rings. The number of carbonyl (C=O) groups excluding carboxylic acids is 1. The van der Waals surface area contributed by atoms with Crippen LogP contribution in [0.1, 0.15) is 18.4 Å². The molecule has 0 unspecified atom stereocenters. The smallest absolute Gasteiger partial charge is 0.223 e. The Morgan fingerprint density at radius 1 is 1.36 bits per heavy atom. The average molecular weight is 188 g/mol. The van der Waals surface area contributed by atoms with Crippen molar-refractivity contribution in [3.05, 3.63) is 29.8 Å². The van der Waals surface area contributed by atoms with Gasteiger partial charge in [-0.3, -0.25) is 9.79 Å². The maximum Gasteiger partial charge on any atom is 0.223 e. The molecule has 1 aliphatic rings. The van der Waals surface area contributed by atoms with Gasteiger partial charge >= 0.3 is 0 Å². The highest BCUT2D eigenvalue weighted by Gasteiger charge is 2.12. The molecule has 0 radical (unpaired) electrons. The Morgan fingerprint density at radius 3 is 2.93 bits per heavy atom. The van der Waals surface area contributed by atoms with Gasteiger partial charge in [-0.15, -0.1) is 0 Å². The molecule has 0 saturated heterocycles. The number of nitrogens with zero attached hydrogens (tertiary/aromatic N) is 1. The molecule has 14 heavy (non-hydrogen) atoms. The monoisotopic (exact) mass is 188 g/mol. The van der Waals surface area contributed by atoms with Crippen LogP contribution in [0, 0.1) is 0 Å². The fourth-order valence-electron chi connectivity index (χ4n) is 1.67. The number of aliphatic imine (C=N–C) groups is 1. The molecule has 3 nitrogen and oxygen atoms in total. The van der Waals surface area contributed by atoms with Gasteiger partial charge in [0, 0.05) is 5.71 Å². The molecule has 0 atom stereocenters. The van der Waals surface area contributed by atoms with E-state index in [0.29, 0.717) is 0 Å². The van der Waals surface area contributed by atoms with Crippen molar-refractivity contribution >= 4 is 17.3 Å². The maximum atomic E-state index is 10.7. The maximum absolute atomic E-state index is 10.7. The normalized spacial score (nSPS) is 14.4. The lowest BCUT2D eigenvalue weighted by atomic mass is 10.00. The summed E-state index contributed by atoms with van der Waals surface area (Å²) in [6, 6.07) is 8.00. The van der Waals surface area contributed by atoms with Crippen LogP contribution in [-0.4, -0.2) is 11.6 Å². The van der Waals surface area contributed by atoms with E-state index in [1.165, 1.54) is 5.56 Å². The topological polar surface area (TPSA) is 55.5 Å². The summed E-state index contributed by atoms with van der Waals surface area (Å²) in [7, 11) is 0. The molecule has 2 rings (SSSR count). The van der Waals surface area contributed by atoms with Crippen LogP contribution in [0.25, 0.3) is 0 Å². The Kier molecular flexibility index (Phi) is 2.31. The minimum absolute atomic E-state index is 0.286. The first-order chi connectivity index (χ1) is 6.75. The molecule has 1 amide bonds. The van der Waals surface area contributed by atoms with Crippen molar-refractivity contribution in [2.45, 2.75) is 19.3 Å². The van der Waals surface area contributed by atoms with E-state index >= 15 is 0 Å². The predicted molar refractivity (Wildman–Crippen MR) is 55.7 cm³/mol. The molecule has 3 heteroatoms. The lowest BCUT2D eigenvalue weighted by molar-refractivity contribution is -0.116. The lowest BCUT2D eigenvalue weighted by Crippen LogP contribution is -2.18. The van der Waals surface area contributed by atoms with Crippen LogP contribution in [0.2, 0.25) is 0 Å². The van der Waals surface area contributed by atoms with Gasteiger partial charge in [0.25, 0.3) is 0 Å². The summed E-state index contributed by atoms with van der Waals surface area (Å²) < 4.78 is 0. The third-order valence-corrected chi connectivity index (χ3v) is 2.33. The minimum atomic E-state index is -0.303. The molecule has 1 aromatic carbocycles. The Labute approximate surface area is 82.6 Å². The second kappa shape index (κ2) is 3.62. The van der Waals surface area contributed by atoms with Crippen molar-refractivity contribution < 1.29 is 4.79 Å². The Morgan fingerprint density at radius 2 is 2.14 bits per heavy atom. The average Bonchev–Trinajstić information content (AvgIpc) is 2.17. The first-order valence-corrected chi connectivity index (χ1v) is 4.68. The zero-order valence-electron chi connectivity index (χ0n) is 7.86. The second-order valence-corrected chi connectivity index (χ2v) is 3.45. The number of hydrogen-bond acceptors (Lipinski definition) is 2. The number of benzene rings is 1. The van der Waals surface area contributed by atoms with Gasteiger partial charge in [-0.2, -0.15) is 0 Å². The van der Waals surface area contributed by atoms with Crippen LogP contribution in [0.15, 0.2) is 29.3 Å². The summed E-state index contributed by atoms with van der Waals surface area (Å²) in [5.74, 6) is -0.303. The third-order valence-electron chi connectivity index (χ3n) is 2.33. The van der Waals surface area contributed by atoms with E-state index in [0.717, 1.165) is 24.2 Å². The van der Waals surface area contributed by atoms with Gasteiger partial charge in [-0.05, 0) is 24.5 Å². The van der Waals surface area contributed by atoms with E-state index in [-0.39, 0.29) is 12.3 Å². The molecular weight excluding hydrogens is 176 g/mol. The number of carbonyl (C=O) groups is 1. The second-order valence-electron chi connectivity index (χ2n) is 3.45. The van der Waals surface area contributed by atoms with Crippen LogP contribution in [0.4, 0.5) is 5.69 Å². The van der Waals surface area contributed by atoms with Crippen molar-refractivity contribution in [1.82, 2.24) is 0 Å². The third kappa shape index (κ3) is 1.82. The molecule has 0 fully saturated rings. The molecule has 0 saturated carbocycles. The molecule has 2 N–H and O–H groups in total. The van der Waals surface area contributed by atoms with Crippen molar-refractivity contribution in [1.29, 1.82) is 0 Å². The molecule has 1 aliphatic heterocycles. The highest BCUT2D eigenvalue weighted by molar-refractivity contribution is 6.02. The van der Waals surface area contributed by atoms with Crippen molar-refractivity contribution in [2.24, 2.45) is 10.7 Å². The van der Waals surface area contributed by atoms with Crippen LogP contribution < -0.4 is 5.73 Å². The lowest BCUT2D eigenvalue weighted by Gasteiger charge is -2.13. The number of para-hydroxylation sites is 1. The Hall–Kier alpha value is -1.64. The molecule has 1 heterocycles. The SMILES string of the molecule is NC(=O)CC1=Nc2ccccc2CC1. The number of primary amides is 1. The first-order valence-electron chi connectivity index (χ1n) is 4.68. The van der Waals surface area contributed by atoms with Crippen molar-refractivity contribution in [3.8, 4) is 0 Å². The molecule has 0 spiro atoms. The number of hydrogen-bond donors (Lipinski definition) is 1. The highest BCUT2D eigenvalue weighted by atomic mass is 16.1. The van der Waals surface area contributed by atoms with Crippen molar-refractivity contribution in [2.75, 3.05) is 0 Å². The van der Waals surface area contributed by atoms with Crippen LogP contribution in [0.5, 0.6) is 0 Å². The molecule has 0 aliphatic carbocycles. The van der Waals surface area contributed by atoms with E-state index in [2.05, 4.69) is 11.1 Å². The fraction of sp³-hybridized carbons (Fsp3) is 0.273. The Balaban J connectivity index is 2.26. The van der Waals surface area contributed by atoms with E-state index in [1.54, 1.807) is 0 Å². The zero-order valence-corrected chi connectivity index (χ0v) is 7.86. The molecule has 0 aromatic heterocycles. The van der Waals surface area contributed by atoms with Crippen LogP contribution >= 0.6 is 0 Å². The van der Waals surface area contributed by atoms with E-state index in [1.807, 2.05) is 18.2 Å². The first kappa shape index (κ1) is 8.94. The van der Waals surface area contributed by atoms with Gasteiger partial charge in [-0.1, -0.05) is 18.2 Å². The number of aryl methyl sites for hydroxylation is 1. The largest absolute Gasteiger partial charge is 0.369 e. The van der Waals surface area contributed by atoms with Crippen molar-refractivity contribution in [3.63, 3.8) is 0 Å². The van der Waals surface area contributed by atoms with Gasteiger partial charge in [0.15, 0.2) is 0 Å². The molecule has 72 valence electrons. The molecular formula is C11H12N2O. The van der Waals surface area contributed by atoms with E-state index in [4.69, 9.17) is 5.73 Å². The Bertz CT molecular complexity index is 396. The van der Waals surface area contributed by atoms with Gasteiger partial charge in [0.2, 0.25) is 5.91 Å². The standard InChI is InChI=1S/C11H12N2O/c12-11(14)7-9-6-5-8-3-1-2-4-10(8)13-9/h1-4H,5-7H2,(H2,12,14). The fourth-order valence-corrected chi connectivity index (χ4v) is 1.67. The highest BCUT2D eigenvalue weighted by Crippen LogP contribution is 2.25. The predicted octanol–water partition coefficient (Wildman–Crippen LogP) is 1.58. The summed E-state index contributed by atoms with van der Waals surface area (Å²) in [6.45, 7) is 0. The number of nitrogens with two attached hydrogens (primary N) is 1. The summed E-state index contributed by atoms with van der Waals surface area (Å²) >= 11 is 0. The van der Waals surface area contributed by atoms with E-state index < -0.39 is 0 Å². The quantitative estimate of drug-likeness (QED) is 0.752. The van der Waals surface area contributed by atoms with Gasteiger partial charge in [0.1, 0.15) is 0 Å². The van der Waals surface area contributed by atoms with Gasteiger partial charge in [0.05, 0.1) is 12.1 Å². The minimum Gasteiger partial charge on any atom is -0.369 e. The summed E-state index contributed by atoms with van der Waals surface area (Å²) in [6.07, 6.45) is 2.09. The molecule has 0 bridgehead atoms. The van der Waals surface area contributed by atoms with Gasteiger partial charge in [-0.25, -0.2) is 0 Å². The van der Waals surface area contributed by atoms with E-state index in [9.17, 15) is 4.79 Å². The number of fused-ring (bicyclic) bond motifs is 1. The summed E-state index contributed by atoms with van der Waals surface area (Å²) in [5.41, 5.74) is 8.25. The number of amides is 1.